The fourth-order valence-electron chi connectivity index (χ4n) is 4.75. The number of piperidine rings is 2. The second-order valence-electron chi connectivity index (χ2n) is 7.51. The van der Waals surface area contributed by atoms with E-state index in [4.69, 9.17) is 0 Å². The van der Waals surface area contributed by atoms with Crippen LogP contribution < -0.4 is 0 Å². The van der Waals surface area contributed by atoms with Gasteiger partial charge >= 0.3 is 5.97 Å². The molecule has 0 spiro atoms. The number of carbonyl (C=O) groups is 2. The molecule has 0 aromatic carbocycles. The van der Waals surface area contributed by atoms with Gasteiger partial charge in [0, 0.05) is 24.3 Å². The Morgan fingerprint density at radius 2 is 1.83 bits per heavy atom. The molecule has 0 radical (unpaired) electrons. The zero-order valence-corrected chi connectivity index (χ0v) is 14.0. The molecular formula is C18H25N3O3. The Morgan fingerprint density at radius 1 is 1.08 bits per heavy atom. The molecule has 1 N–H and O–H groups in total. The van der Waals surface area contributed by atoms with E-state index in [2.05, 4.69) is 5.10 Å². The van der Waals surface area contributed by atoms with Crippen LogP contribution in [-0.4, -0.2) is 43.7 Å². The number of amides is 1. The first-order valence-corrected chi connectivity index (χ1v) is 9.25. The lowest BCUT2D eigenvalue weighted by atomic mass is 9.78. The lowest BCUT2D eigenvalue weighted by molar-refractivity contribution is -0.145. The SMILES string of the molecule is O=C(O)C1CC2CCCC(C1)N2C(=O)c1cc2n(n1)CCCCC2. The zero-order chi connectivity index (χ0) is 16.7. The molecule has 2 saturated heterocycles. The molecule has 4 heterocycles. The first-order chi connectivity index (χ1) is 11.6. The molecule has 1 amide bonds. The molecule has 3 aliphatic heterocycles. The average Bonchev–Trinajstić information content (AvgIpc) is 2.83. The maximum atomic E-state index is 13.1. The molecule has 130 valence electrons. The predicted molar refractivity (Wildman–Crippen MR) is 87.7 cm³/mol. The van der Waals surface area contributed by atoms with Crippen molar-refractivity contribution in [2.75, 3.05) is 0 Å². The van der Waals surface area contributed by atoms with Crippen molar-refractivity contribution >= 4 is 11.9 Å². The van der Waals surface area contributed by atoms with Gasteiger partial charge in [0.25, 0.3) is 5.91 Å². The topological polar surface area (TPSA) is 75.4 Å². The van der Waals surface area contributed by atoms with Gasteiger partial charge in [-0.25, -0.2) is 0 Å². The lowest BCUT2D eigenvalue weighted by Gasteiger charge is -2.47. The van der Waals surface area contributed by atoms with Crippen molar-refractivity contribution in [1.82, 2.24) is 14.7 Å². The number of aliphatic carboxylic acids is 1. The third-order valence-corrected chi connectivity index (χ3v) is 5.94. The summed E-state index contributed by atoms with van der Waals surface area (Å²) >= 11 is 0. The largest absolute Gasteiger partial charge is 0.481 e. The highest BCUT2D eigenvalue weighted by molar-refractivity contribution is 5.93. The molecule has 2 bridgehead atoms. The summed E-state index contributed by atoms with van der Waals surface area (Å²) in [5.74, 6) is -1.01. The van der Waals surface area contributed by atoms with E-state index in [-0.39, 0.29) is 23.9 Å². The molecule has 6 heteroatoms. The van der Waals surface area contributed by atoms with Crippen LogP contribution in [0.5, 0.6) is 0 Å². The number of nitrogens with zero attached hydrogens (tertiary/aromatic N) is 3. The molecule has 2 unspecified atom stereocenters. The Hall–Kier alpha value is -1.85. The monoisotopic (exact) mass is 331 g/mol. The number of carbonyl (C=O) groups excluding carboxylic acids is 1. The van der Waals surface area contributed by atoms with Crippen LogP contribution in [0, 0.1) is 5.92 Å². The minimum absolute atomic E-state index is 0.00844. The highest BCUT2D eigenvalue weighted by Gasteiger charge is 2.43. The van der Waals surface area contributed by atoms with Gasteiger partial charge in [-0.05, 0) is 57.4 Å². The minimum Gasteiger partial charge on any atom is -0.481 e. The second-order valence-corrected chi connectivity index (χ2v) is 7.51. The molecule has 6 nitrogen and oxygen atoms in total. The van der Waals surface area contributed by atoms with Crippen molar-refractivity contribution in [2.24, 2.45) is 5.92 Å². The van der Waals surface area contributed by atoms with E-state index in [1.165, 1.54) is 12.1 Å². The standard InChI is InChI=1S/C18H25N3O3/c22-17(16-11-13-5-2-1-3-8-20(13)19-16)21-14-6-4-7-15(21)10-12(9-14)18(23)24/h11-12,14-15H,1-10H2,(H,23,24). The number of rotatable bonds is 2. The van der Waals surface area contributed by atoms with E-state index in [1.807, 2.05) is 15.6 Å². The molecule has 3 aliphatic rings. The molecule has 24 heavy (non-hydrogen) atoms. The first kappa shape index (κ1) is 15.7. The Morgan fingerprint density at radius 3 is 2.54 bits per heavy atom. The summed E-state index contributed by atoms with van der Waals surface area (Å²) in [4.78, 5) is 26.4. The van der Waals surface area contributed by atoms with Crippen molar-refractivity contribution in [3.8, 4) is 0 Å². The molecule has 2 atom stereocenters. The molecule has 0 saturated carbocycles. The number of carboxylic acid groups (broad SMARTS) is 1. The minimum atomic E-state index is -0.715. The summed E-state index contributed by atoms with van der Waals surface area (Å²) in [6, 6.07) is 2.09. The van der Waals surface area contributed by atoms with Gasteiger partial charge in [-0.15, -0.1) is 0 Å². The van der Waals surface area contributed by atoms with E-state index in [9.17, 15) is 14.7 Å². The van der Waals surface area contributed by atoms with Gasteiger partial charge in [0.05, 0.1) is 5.92 Å². The number of aryl methyl sites for hydroxylation is 2. The van der Waals surface area contributed by atoms with Crippen LogP contribution in [0.15, 0.2) is 6.07 Å². The maximum Gasteiger partial charge on any atom is 0.306 e. The van der Waals surface area contributed by atoms with Crippen molar-refractivity contribution in [1.29, 1.82) is 0 Å². The van der Waals surface area contributed by atoms with Gasteiger partial charge < -0.3 is 10.0 Å². The van der Waals surface area contributed by atoms with E-state index in [1.54, 1.807) is 0 Å². The third kappa shape index (κ3) is 2.72. The van der Waals surface area contributed by atoms with Crippen LogP contribution >= 0.6 is 0 Å². The number of fused-ring (bicyclic) bond motifs is 3. The highest BCUT2D eigenvalue weighted by Crippen LogP contribution is 2.38. The summed E-state index contributed by atoms with van der Waals surface area (Å²) in [5, 5.41) is 13.9. The molecule has 1 aromatic heterocycles. The van der Waals surface area contributed by atoms with Gasteiger partial charge in [-0.1, -0.05) is 6.42 Å². The van der Waals surface area contributed by atoms with Gasteiger partial charge in [0.15, 0.2) is 5.69 Å². The predicted octanol–water partition coefficient (Wildman–Crippen LogP) is 2.47. The van der Waals surface area contributed by atoms with E-state index in [0.29, 0.717) is 18.5 Å². The first-order valence-electron chi connectivity index (χ1n) is 9.25. The van der Waals surface area contributed by atoms with Crippen LogP contribution in [0.3, 0.4) is 0 Å². The molecular weight excluding hydrogens is 306 g/mol. The van der Waals surface area contributed by atoms with E-state index < -0.39 is 5.97 Å². The molecule has 1 aromatic rings. The van der Waals surface area contributed by atoms with E-state index >= 15 is 0 Å². The maximum absolute atomic E-state index is 13.1. The van der Waals surface area contributed by atoms with Crippen LogP contribution in [0.4, 0.5) is 0 Å². The third-order valence-electron chi connectivity index (χ3n) is 5.94. The molecule has 4 rings (SSSR count). The summed E-state index contributed by atoms with van der Waals surface area (Å²) in [5.41, 5.74) is 1.72. The average molecular weight is 331 g/mol. The molecule has 0 aliphatic carbocycles. The zero-order valence-electron chi connectivity index (χ0n) is 14.0. The Labute approximate surface area is 141 Å². The summed E-state index contributed by atoms with van der Waals surface area (Å²) in [7, 11) is 0. The van der Waals surface area contributed by atoms with Crippen molar-refractivity contribution in [2.45, 2.75) is 76.4 Å². The van der Waals surface area contributed by atoms with Gasteiger partial charge in [-0.2, -0.15) is 5.10 Å². The quantitative estimate of drug-likeness (QED) is 0.903. The smallest absolute Gasteiger partial charge is 0.306 e. The summed E-state index contributed by atoms with van der Waals surface area (Å²) < 4.78 is 2.00. The van der Waals surface area contributed by atoms with Gasteiger partial charge in [-0.3, -0.25) is 14.3 Å². The number of carboxylic acids is 1. The van der Waals surface area contributed by atoms with Crippen LogP contribution in [0.2, 0.25) is 0 Å². The normalized spacial score (nSPS) is 29.7. The Kier molecular flexibility index (Phi) is 4.06. The fourth-order valence-corrected chi connectivity index (χ4v) is 4.75. The van der Waals surface area contributed by atoms with Gasteiger partial charge in [0.1, 0.15) is 0 Å². The Balaban J connectivity index is 1.57. The second kappa shape index (κ2) is 6.22. The molecule has 2 fully saturated rings. The summed E-state index contributed by atoms with van der Waals surface area (Å²) in [6.45, 7) is 0.899. The lowest BCUT2D eigenvalue weighted by Crippen LogP contribution is -2.55. The van der Waals surface area contributed by atoms with Crippen LogP contribution in [0.1, 0.15) is 67.5 Å². The highest BCUT2D eigenvalue weighted by atomic mass is 16.4. The van der Waals surface area contributed by atoms with Crippen molar-refractivity contribution < 1.29 is 14.7 Å². The van der Waals surface area contributed by atoms with Crippen LogP contribution in [-0.2, 0) is 17.8 Å². The number of aromatic nitrogens is 2. The van der Waals surface area contributed by atoms with Crippen molar-refractivity contribution in [3.63, 3.8) is 0 Å². The van der Waals surface area contributed by atoms with Crippen LogP contribution in [0.25, 0.3) is 0 Å². The number of hydrogen-bond acceptors (Lipinski definition) is 3. The van der Waals surface area contributed by atoms with Crippen molar-refractivity contribution in [3.05, 3.63) is 17.5 Å². The number of hydrogen-bond donors (Lipinski definition) is 1. The summed E-state index contributed by atoms with van der Waals surface area (Å²) in [6.07, 6.45) is 8.60. The van der Waals surface area contributed by atoms with Gasteiger partial charge in [0.2, 0.25) is 0 Å². The van der Waals surface area contributed by atoms with E-state index in [0.717, 1.165) is 45.1 Å². The Bertz CT molecular complexity index is 616. The fraction of sp³-hybridized carbons (Fsp3) is 0.722.